The van der Waals surface area contributed by atoms with E-state index in [0.29, 0.717) is 19.6 Å². The number of carbonyl (C=O) groups is 1. The van der Waals surface area contributed by atoms with Gasteiger partial charge < -0.3 is 56.2 Å². The average molecular weight is 901 g/mol. The van der Waals surface area contributed by atoms with Gasteiger partial charge >= 0.3 is 5.97 Å². The maximum absolute atomic E-state index is 13.2. The first-order valence-electron chi connectivity index (χ1n) is 22.2. The molecule has 0 spiro atoms. The summed E-state index contributed by atoms with van der Waals surface area (Å²) in [6.07, 6.45) is -1.57. The van der Waals surface area contributed by atoms with E-state index in [1.165, 1.54) is 6.92 Å². The molecule has 354 valence electrons. The molecule has 1 unspecified atom stereocenters. The molecule has 61 heavy (non-hydrogen) atoms. The fourth-order valence-corrected chi connectivity index (χ4v) is 9.91. The molecule has 2 saturated heterocycles. The lowest BCUT2D eigenvalue weighted by atomic mass is 9.83. The molecule has 0 radical (unpaired) electrons. The summed E-state index contributed by atoms with van der Waals surface area (Å²) in [5.74, 6) is -0.804. The summed E-state index contributed by atoms with van der Waals surface area (Å²) in [5, 5.41) is -0.309. The highest BCUT2D eigenvalue weighted by atomic mass is 28.4. The molecule has 2 fully saturated rings. The SMILES string of the molecule is COCO[C@@H]1[C@@H](O[Si](C)(C)C(C)(C)C)O[C@@H]([C@H](O[Si](C)(C)C(C)(C)C)C(C[C@@H]2OC(C)(C)O[C@H](CCCCOCc3ccc(OC)cc3)[C@@H]2C)OC(C)=O)[C@H](C)[C@H]1OCOC. The van der Waals surface area contributed by atoms with Crippen molar-refractivity contribution in [1.29, 1.82) is 0 Å². The third-order valence-corrected chi connectivity index (χ3v) is 22.0. The number of carbonyl (C=O) groups excluding carboxylic acids is 1. The summed E-state index contributed by atoms with van der Waals surface area (Å²) in [5.41, 5.74) is 1.11. The van der Waals surface area contributed by atoms with Crippen LogP contribution in [0.15, 0.2) is 24.3 Å². The van der Waals surface area contributed by atoms with Gasteiger partial charge in [0.2, 0.25) is 0 Å². The van der Waals surface area contributed by atoms with Crippen molar-refractivity contribution in [3.05, 3.63) is 29.8 Å². The van der Waals surface area contributed by atoms with Crippen LogP contribution in [0.1, 0.15) is 107 Å². The molecule has 1 aromatic rings. The second-order valence-corrected chi connectivity index (χ2v) is 30.0. The Balaban J connectivity index is 1.98. The van der Waals surface area contributed by atoms with Crippen LogP contribution in [0, 0.1) is 11.8 Å². The van der Waals surface area contributed by atoms with Crippen LogP contribution in [0.2, 0.25) is 36.3 Å². The van der Waals surface area contributed by atoms with Crippen LogP contribution in [0.5, 0.6) is 5.75 Å². The van der Waals surface area contributed by atoms with E-state index in [2.05, 4.69) is 81.6 Å². The Morgan fingerprint density at radius 3 is 1.92 bits per heavy atom. The minimum Gasteiger partial charge on any atom is -0.497 e. The van der Waals surface area contributed by atoms with Gasteiger partial charge in [-0.15, -0.1) is 0 Å². The number of hydrogen-bond acceptors (Lipinski definition) is 13. The van der Waals surface area contributed by atoms with Crippen molar-refractivity contribution in [1.82, 2.24) is 0 Å². The van der Waals surface area contributed by atoms with Crippen molar-refractivity contribution in [3.8, 4) is 5.75 Å². The van der Waals surface area contributed by atoms with Crippen LogP contribution in [0.3, 0.4) is 0 Å². The molecule has 15 heteroatoms. The Morgan fingerprint density at radius 2 is 1.38 bits per heavy atom. The third-order valence-electron chi connectivity index (χ3n) is 13.1. The minimum atomic E-state index is -2.56. The first-order valence-corrected chi connectivity index (χ1v) is 28.0. The predicted molar refractivity (Wildman–Crippen MR) is 241 cm³/mol. The van der Waals surface area contributed by atoms with Crippen LogP contribution in [0.25, 0.3) is 0 Å². The monoisotopic (exact) mass is 901 g/mol. The van der Waals surface area contributed by atoms with Gasteiger partial charge in [-0.05, 0) is 87.1 Å². The van der Waals surface area contributed by atoms with Gasteiger partial charge in [0.25, 0.3) is 0 Å². The van der Waals surface area contributed by atoms with Crippen molar-refractivity contribution in [2.75, 3.05) is 41.5 Å². The van der Waals surface area contributed by atoms with E-state index in [4.69, 9.17) is 56.2 Å². The molecule has 2 aliphatic heterocycles. The summed E-state index contributed by atoms with van der Waals surface area (Å²) in [6.45, 7) is 32.8. The average Bonchev–Trinajstić information content (AvgIpc) is 3.15. The van der Waals surface area contributed by atoms with Gasteiger partial charge in [-0.3, -0.25) is 4.79 Å². The molecule has 13 nitrogen and oxygen atoms in total. The molecule has 2 aliphatic rings. The van der Waals surface area contributed by atoms with E-state index < -0.39 is 65.2 Å². The molecule has 0 saturated carbocycles. The molecule has 3 rings (SSSR count). The van der Waals surface area contributed by atoms with Gasteiger partial charge in [-0.1, -0.05) is 67.5 Å². The Hall–Kier alpha value is -1.48. The number of esters is 1. The number of unbranched alkanes of at least 4 members (excludes halogenated alkanes) is 1. The lowest BCUT2D eigenvalue weighted by Crippen LogP contribution is -2.65. The number of hydrogen-bond donors (Lipinski definition) is 0. The third kappa shape index (κ3) is 15.6. The van der Waals surface area contributed by atoms with E-state index in [-0.39, 0.29) is 47.7 Å². The topological polar surface area (TPSA) is 128 Å². The van der Waals surface area contributed by atoms with Gasteiger partial charge in [0.1, 0.15) is 37.6 Å². The van der Waals surface area contributed by atoms with E-state index in [0.717, 1.165) is 30.6 Å². The standard InChI is InChI=1S/C46H84O13Si2/c1-31-36(21-19-20-26-51-28-34-22-24-35(50-14)25-23-34)56-46(10,11)57-37(31)27-38(54-33(3)47)41(58-60(15,16)44(4,5)6)40-32(2)39(52-29-48-12)42(53-30-49-13)43(55-40)59-61(17,18)45(7,8)9/h22-25,31-32,36-43H,19-21,26-30H2,1-18H3/t31-,32+,36+,37-,38?,39+,40+,41+,42-,43+/m0/s1. The van der Waals surface area contributed by atoms with Crippen LogP contribution in [-0.2, 0) is 62.9 Å². The van der Waals surface area contributed by atoms with Gasteiger partial charge in [0, 0.05) is 46.0 Å². The zero-order valence-electron chi connectivity index (χ0n) is 41.0. The summed E-state index contributed by atoms with van der Waals surface area (Å²) in [6, 6.07) is 7.93. The molecule has 0 aromatic heterocycles. The van der Waals surface area contributed by atoms with Crippen LogP contribution >= 0.6 is 0 Å². The molecule has 0 N–H and O–H groups in total. The Kier molecular flexibility index (Phi) is 20.4. The largest absolute Gasteiger partial charge is 0.497 e. The summed E-state index contributed by atoms with van der Waals surface area (Å²) < 4.78 is 76.3. The molecule has 0 amide bonds. The fourth-order valence-electron chi connectivity index (χ4n) is 7.47. The maximum atomic E-state index is 13.2. The van der Waals surface area contributed by atoms with Crippen molar-refractivity contribution in [2.24, 2.45) is 11.8 Å². The highest BCUT2D eigenvalue weighted by molar-refractivity contribution is 6.74. The molecular weight excluding hydrogens is 817 g/mol. The quantitative estimate of drug-likeness (QED) is 0.0448. The summed E-state index contributed by atoms with van der Waals surface area (Å²) >= 11 is 0. The highest BCUT2D eigenvalue weighted by Crippen LogP contribution is 2.45. The Morgan fingerprint density at radius 1 is 0.803 bits per heavy atom. The van der Waals surface area contributed by atoms with Crippen LogP contribution in [0.4, 0.5) is 0 Å². The van der Waals surface area contributed by atoms with Gasteiger partial charge in [0.05, 0.1) is 38.1 Å². The van der Waals surface area contributed by atoms with Gasteiger partial charge in [-0.25, -0.2) is 0 Å². The van der Waals surface area contributed by atoms with E-state index >= 15 is 0 Å². The summed E-state index contributed by atoms with van der Waals surface area (Å²) in [7, 11) is -0.170. The number of benzene rings is 1. The molecule has 0 bridgehead atoms. The van der Waals surface area contributed by atoms with Crippen LogP contribution < -0.4 is 4.74 Å². The molecule has 0 aliphatic carbocycles. The molecular formula is C46H84O13Si2. The van der Waals surface area contributed by atoms with E-state index in [9.17, 15) is 4.79 Å². The highest BCUT2D eigenvalue weighted by Gasteiger charge is 2.56. The first kappa shape index (κ1) is 53.9. The lowest BCUT2D eigenvalue weighted by Gasteiger charge is -2.53. The number of ether oxygens (including phenoxy) is 10. The first-order chi connectivity index (χ1) is 28.3. The lowest BCUT2D eigenvalue weighted by molar-refractivity contribution is -0.328. The fraction of sp³-hybridized carbons (Fsp3) is 0.848. The molecule has 10 atom stereocenters. The number of rotatable bonds is 23. The van der Waals surface area contributed by atoms with Crippen molar-refractivity contribution < 1.29 is 61.0 Å². The smallest absolute Gasteiger partial charge is 0.302 e. The molecule has 1 aromatic carbocycles. The zero-order valence-corrected chi connectivity index (χ0v) is 43.0. The van der Waals surface area contributed by atoms with E-state index in [1.807, 2.05) is 38.1 Å². The Labute approximate surface area is 371 Å². The Bertz CT molecular complexity index is 1440. The number of methoxy groups -OCH3 is 3. The van der Waals surface area contributed by atoms with E-state index in [1.54, 1.807) is 21.3 Å². The van der Waals surface area contributed by atoms with Gasteiger partial charge in [-0.2, -0.15) is 0 Å². The molecule has 2 heterocycles. The normalized spacial score (nSPS) is 27.4. The minimum absolute atomic E-state index is 0.0161. The van der Waals surface area contributed by atoms with Gasteiger partial charge in [0.15, 0.2) is 28.7 Å². The summed E-state index contributed by atoms with van der Waals surface area (Å²) in [4.78, 5) is 13.2. The maximum Gasteiger partial charge on any atom is 0.302 e. The zero-order chi connectivity index (χ0) is 46.0. The predicted octanol–water partition coefficient (Wildman–Crippen LogP) is 9.61. The van der Waals surface area contributed by atoms with Crippen LogP contribution in [-0.4, -0.2) is 119 Å². The van der Waals surface area contributed by atoms with Crippen molar-refractivity contribution in [3.63, 3.8) is 0 Å². The van der Waals surface area contributed by atoms with Crippen molar-refractivity contribution in [2.45, 2.75) is 200 Å². The van der Waals surface area contributed by atoms with Crippen molar-refractivity contribution >= 4 is 22.6 Å². The second-order valence-electron chi connectivity index (χ2n) is 20.5. The second kappa shape index (κ2) is 23.1.